The summed E-state index contributed by atoms with van der Waals surface area (Å²) in [6, 6.07) is 8.92. The maximum atomic E-state index is 13.3. The van der Waals surface area contributed by atoms with Gasteiger partial charge in [-0.3, -0.25) is 4.79 Å². The molecule has 0 spiro atoms. The molecule has 0 saturated carbocycles. The summed E-state index contributed by atoms with van der Waals surface area (Å²) in [4.78, 5) is 25.8. The normalized spacial score (nSPS) is 41.8. The van der Waals surface area contributed by atoms with E-state index >= 15 is 0 Å². The van der Waals surface area contributed by atoms with Crippen LogP contribution in [0.3, 0.4) is 0 Å². The SMILES string of the molecule is C=CC[C@@H]1O[C@@H]2C3O[C@@H]4C[C@](CCC5CC(=C)[C@H](CCC6CC(C)C(=C)C(C[C@@H]7O[C@H](CC(O)CO)[C@H](OC)C7CC(=O)OC)O6)O5)(OC3C1OC(=O)c1ccccc1)OC24. The minimum absolute atomic E-state index is 0.0457. The molecule has 9 rings (SSSR count). The highest BCUT2D eigenvalue weighted by atomic mass is 16.8. The van der Waals surface area contributed by atoms with Gasteiger partial charge in [0, 0.05) is 38.7 Å². The van der Waals surface area contributed by atoms with E-state index in [2.05, 4.69) is 26.7 Å². The lowest BCUT2D eigenvalue weighted by Gasteiger charge is -2.43. The number of hydrogen-bond donors (Lipinski definition) is 2. The van der Waals surface area contributed by atoms with E-state index in [1.165, 1.54) is 7.11 Å². The fourth-order valence-corrected chi connectivity index (χ4v) is 11.0. The van der Waals surface area contributed by atoms with Crippen LogP contribution >= 0.6 is 0 Å². The van der Waals surface area contributed by atoms with E-state index in [4.69, 9.17) is 47.4 Å². The van der Waals surface area contributed by atoms with Crippen LogP contribution in [0.1, 0.15) is 87.9 Å². The van der Waals surface area contributed by atoms with E-state index in [0.717, 1.165) is 36.8 Å². The molecule has 336 valence electrons. The Balaban J connectivity index is 0.870. The first-order valence-corrected chi connectivity index (χ1v) is 22.2. The number of benzene rings is 1. The van der Waals surface area contributed by atoms with E-state index in [1.807, 2.05) is 6.07 Å². The molecule has 10 unspecified atom stereocenters. The molecule has 0 aliphatic carbocycles. The first-order valence-electron chi connectivity index (χ1n) is 22.2. The molecule has 6 bridgehead atoms. The molecule has 8 heterocycles. The van der Waals surface area contributed by atoms with Crippen LogP contribution in [0.5, 0.6) is 0 Å². The molecule has 0 radical (unpaired) electrons. The molecule has 8 saturated heterocycles. The van der Waals surface area contributed by atoms with Crippen molar-refractivity contribution in [3.8, 4) is 0 Å². The second kappa shape index (κ2) is 19.0. The third kappa shape index (κ3) is 9.31. The number of rotatable bonds is 18. The van der Waals surface area contributed by atoms with Gasteiger partial charge in [0.1, 0.15) is 30.5 Å². The Bertz CT molecular complexity index is 1740. The van der Waals surface area contributed by atoms with Crippen LogP contribution in [0.4, 0.5) is 0 Å². The number of aliphatic hydroxyl groups excluding tert-OH is 2. The van der Waals surface area contributed by atoms with E-state index in [1.54, 1.807) is 37.5 Å². The molecule has 8 aliphatic heterocycles. The Hall–Kier alpha value is -3.02. The maximum absolute atomic E-state index is 13.3. The Kier molecular flexibility index (Phi) is 13.9. The molecule has 0 amide bonds. The highest BCUT2D eigenvalue weighted by molar-refractivity contribution is 5.89. The number of carbonyl (C=O) groups is 2. The molecule has 8 fully saturated rings. The standard InChI is InChI=1S/C47H64O14/c1-7-11-34-41(59-46(51)28-12-9-8-10-13-28)45-44-43(57-34)42-38(58-44)23-47(60-42,61-45)17-16-31-19-26(3)33(54-31)15-14-30-18-25(2)27(4)35(55-30)22-36-32(21-39(50)52-5)40(53-6)37(56-36)20-29(49)24-48/h7-10,12-13,25,29-38,40-45,48-49H,1,3-4,11,14-24H2,2,5-6H3/t25?,29?,30?,31?,32?,33-,34-,35?,36-,37+,38+,40+,41?,42?,43-,44?,45?,47-/m0/s1. The molecule has 0 aromatic heterocycles. The van der Waals surface area contributed by atoms with E-state index in [9.17, 15) is 19.8 Å². The van der Waals surface area contributed by atoms with Crippen LogP contribution in [0.25, 0.3) is 0 Å². The van der Waals surface area contributed by atoms with Gasteiger partial charge in [0.2, 0.25) is 0 Å². The summed E-state index contributed by atoms with van der Waals surface area (Å²) in [6.07, 6.45) is 2.09. The molecule has 14 heteroatoms. The van der Waals surface area contributed by atoms with Gasteiger partial charge in [-0.05, 0) is 67.7 Å². The molecule has 18 atom stereocenters. The molecule has 61 heavy (non-hydrogen) atoms. The Labute approximate surface area is 358 Å². The predicted molar refractivity (Wildman–Crippen MR) is 219 cm³/mol. The fraction of sp³-hybridized carbons (Fsp3) is 0.702. The van der Waals surface area contributed by atoms with Gasteiger partial charge in [-0.2, -0.15) is 0 Å². The zero-order chi connectivity index (χ0) is 43.0. The second-order valence-electron chi connectivity index (χ2n) is 18.2. The van der Waals surface area contributed by atoms with Crippen molar-refractivity contribution in [1.29, 1.82) is 0 Å². The van der Waals surface area contributed by atoms with Crippen molar-refractivity contribution in [2.24, 2.45) is 11.8 Å². The third-order valence-corrected chi connectivity index (χ3v) is 14.2. The van der Waals surface area contributed by atoms with Gasteiger partial charge in [0.25, 0.3) is 0 Å². The Morgan fingerprint density at radius 3 is 2.39 bits per heavy atom. The van der Waals surface area contributed by atoms with Gasteiger partial charge in [-0.25, -0.2) is 4.79 Å². The molecular weight excluding hydrogens is 789 g/mol. The highest BCUT2D eigenvalue weighted by Crippen LogP contribution is 2.53. The fourth-order valence-electron chi connectivity index (χ4n) is 11.0. The van der Waals surface area contributed by atoms with E-state index in [0.29, 0.717) is 37.7 Å². The molecule has 1 aromatic carbocycles. The average Bonchev–Trinajstić information content (AvgIpc) is 3.94. The van der Waals surface area contributed by atoms with Gasteiger partial charge in [-0.1, -0.05) is 44.4 Å². The van der Waals surface area contributed by atoms with Crippen molar-refractivity contribution in [3.05, 3.63) is 72.9 Å². The number of hydrogen-bond acceptors (Lipinski definition) is 14. The lowest BCUT2D eigenvalue weighted by atomic mass is 9.82. The van der Waals surface area contributed by atoms with Crippen molar-refractivity contribution in [1.82, 2.24) is 0 Å². The quantitative estimate of drug-likeness (QED) is 0.151. The van der Waals surface area contributed by atoms with Crippen molar-refractivity contribution in [3.63, 3.8) is 0 Å². The van der Waals surface area contributed by atoms with Crippen LogP contribution in [0, 0.1) is 11.8 Å². The largest absolute Gasteiger partial charge is 0.469 e. The smallest absolute Gasteiger partial charge is 0.338 e. The predicted octanol–water partition coefficient (Wildman–Crippen LogP) is 4.93. The van der Waals surface area contributed by atoms with E-state index in [-0.39, 0.29) is 73.4 Å². The Morgan fingerprint density at radius 2 is 1.66 bits per heavy atom. The first kappa shape index (κ1) is 44.6. The summed E-state index contributed by atoms with van der Waals surface area (Å²) in [7, 11) is 2.93. The van der Waals surface area contributed by atoms with Gasteiger partial charge in [-0.15, -0.1) is 6.58 Å². The van der Waals surface area contributed by atoms with Gasteiger partial charge in [0.15, 0.2) is 11.9 Å². The van der Waals surface area contributed by atoms with Crippen LogP contribution < -0.4 is 0 Å². The topological polar surface area (TPSA) is 167 Å². The summed E-state index contributed by atoms with van der Waals surface area (Å²) in [5.74, 6) is -1.86. The summed E-state index contributed by atoms with van der Waals surface area (Å²) >= 11 is 0. The van der Waals surface area contributed by atoms with Crippen molar-refractivity contribution >= 4 is 11.9 Å². The lowest BCUT2D eigenvalue weighted by molar-refractivity contribution is -0.272. The molecular formula is C47H64O14. The summed E-state index contributed by atoms with van der Waals surface area (Å²) < 4.78 is 63.6. The van der Waals surface area contributed by atoms with Gasteiger partial charge < -0.3 is 57.6 Å². The van der Waals surface area contributed by atoms with Crippen molar-refractivity contribution < 1.29 is 67.2 Å². The number of carbonyl (C=O) groups excluding carboxylic acids is 2. The summed E-state index contributed by atoms with van der Waals surface area (Å²) in [6.45, 7) is 14.5. The third-order valence-electron chi connectivity index (χ3n) is 14.2. The number of methoxy groups -OCH3 is 2. The maximum Gasteiger partial charge on any atom is 0.338 e. The highest BCUT2D eigenvalue weighted by Gasteiger charge is 2.68. The number of ether oxygens (including phenoxy) is 10. The Morgan fingerprint density at radius 1 is 0.902 bits per heavy atom. The zero-order valence-corrected chi connectivity index (χ0v) is 35.7. The van der Waals surface area contributed by atoms with E-state index < -0.39 is 67.2 Å². The molecule has 1 aromatic rings. The molecule has 14 nitrogen and oxygen atoms in total. The van der Waals surface area contributed by atoms with Crippen LogP contribution in [-0.4, -0.2) is 140 Å². The molecule has 2 N–H and O–H groups in total. The number of aliphatic hydroxyl groups is 2. The number of esters is 2. The van der Waals surface area contributed by atoms with Crippen LogP contribution in [-0.2, 0) is 52.2 Å². The van der Waals surface area contributed by atoms with Crippen LogP contribution in [0.15, 0.2) is 67.3 Å². The van der Waals surface area contributed by atoms with Crippen molar-refractivity contribution in [2.75, 3.05) is 20.8 Å². The van der Waals surface area contributed by atoms with Crippen LogP contribution in [0.2, 0.25) is 0 Å². The second-order valence-corrected chi connectivity index (χ2v) is 18.2. The average molecular weight is 853 g/mol. The molecule has 8 aliphatic rings. The minimum Gasteiger partial charge on any atom is -0.469 e. The summed E-state index contributed by atoms with van der Waals surface area (Å²) in [5.41, 5.74) is 2.49. The van der Waals surface area contributed by atoms with Crippen molar-refractivity contribution in [2.45, 2.75) is 175 Å². The monoisotopic (exact) mass is 852 g/mol. The van der Waals surface area contributed by atoms with Gasteiger partial charge in [0.05, 0.1) is 80.6 Å². The first-order chi connectivity index (χ1) is 29.4. The zero-order valence-electron chi connectivity index (χ0n) is 35.7. The van der Waals surface area contributed by atoms with Gasteiger partial charge >= 0.3 is 11.9 Å². The minimum atomic E-state index is -0.970. The lowest BCUT2D eigenvalue weighted by Crippen LogP contribution is -2.59. The summed E-state index contributed by atoms with van der Waals surface area (Å²) in [5, 5.41) is 19.7.